The second kappa shape index (κ2) is 6.37. The second-order valence-corrected chi connectivity index (χ2v) is 5.80. The molecule has 0 aromatic rings. The third-order valence-electron chi connectivity index (χ3n) is 2.76. The molecule has 0 bridgehead atoms. The highest BCUT2D eigenvalue weighted by Gasteiger charge is 2.45. The van der Waals surface area contributed by atoms with Gasteiger partial charge < -0.3 is 14.6 Å². The van der Waals surface area contributed by atoms with E-state index in [0.717, 1.165) is 0 Å². The molecule has 1 aliphatic rings. The molecule has 0 aromatic carbocycles. The number of aliphatic hydroxyl groups excluding tert-OH is 1. The van der Waals surface area contributed by atoms with E-state index in [4.69, 9.17) is 9.47 Å². The molecule has 20 heavy (non-hydrogen) atoms. The Morgan fingerprint density at radius 3 is 2.55 bits per heavy atom. The molecule has 2 N–H and O–H groups in total. The highest BCUT2D eigenvalue weighted by atomic mass is 16.6. The number of hydrogen-bond donors (Lipinski definition) is 2. The normalized spacial score (nSPS) is 26.8. The van der Waals surface area contributed by atoms with Gasteiger partial charge in [-0.25, -0.2) is 9.59 Å². The minimum atomic E-state index is -1.18. The topological polar surface area (TPSA) is 84.9 Å². The fraction of sp³-hybridized carbons (Fsp3) is 0.714. The SMILES string of the molecule is CCOC(=O)C=C[C@]1(C(=O)OC(C)(C)C)C[C@@H](O)CN1. The Labute approximate surface area is 119 Å². The first-order chi connectivity index (χ1) is 9.18. The minimum Gasteiger partial charge on any atom is -0.463 e. The predicted octanol–water partition coefficient (Wildman–Crippen LogP) is 0.540. The molecule has 6 heteroatoms. The van der Waals surface area contributed by atoms with Crippen LogP contribution in [0.15, 0.2) is 12.2 Å². The molecule has 114 valence electrons. The first-order valence-electron chi connectivity index (χ1n) is 6.71. The van der Waals surface area contributed by atoms with E-state index in [1.165, 1.54) is 12.2 Å². The molecule has 0 radical (unpaired) electrons. The van der Waals surface area contributed by atoms with Crippen LogP contribution in [0.3, 0.4) is 0 Å². The van der Waals surface area contributed by atoms with E-state index >= 15 is 0 Å². The molecule has 0 saturated carbocycles. The number of aliphatic hydroxyl groups is 1. The zero-order chi connectivity index (χ0) is 15.4. The molecule has 0 aromatic heterocycles. The summed E-state index contributed by atoms with van der Waals surface area (Å²) < 4.78 is 10.1. The van der Waals surface area contributed by atoms with Gasteiger partial charge in [0.25, 0.3) is 0 Å². The van der Waals surface area contributed by atoms with Crippen molar-refractivity contribution in [3.63, 3.8) is 0 Å². The van der Waals surface area contributed by atoms with Crippen molar-refractivity contribution < 1.29 is 24.2 Å². The first kappa shape index (κ1) is 16.7. The van der Waals surface area contributed by atoms with Gasteiger partial charge >= 0.3 is 11.9 Å². The third-order valence-corrected chi connectivity index (χ3v) is 2.76. The molecule has 1 aliphatic heterocycles. The second-order valence-electron chi connectivity index (χ2n) is 5.80. The van der Waals surface area contributed by atoms with Gasteiger partial charge in [-0.1, -0.05) is 0 Å². The Balaban J connectivity index is 2.88. The average molecular weight is 285 g/mol. The van der Waals surface area contributed by atoms with Crippen LogP contribution in [-0.2, 0) is 19.1 Å². The van der Waals surface area contributed by atoms with Crippen molar-refractivity contribution in [1.29, 1.82) is 0 Å². The van der Waals surface area contributed by atoms with Gasteiger partial charge in [0.05, 0.1) is 12.7 Å². The summed E-state index contributed by atoms with van der Waals surface area (Å²) in [5, 5.41) is 12.6. The fourth-order valence-electron chi connectivity index (χ4n) is 1.94. The summed E-state index contributed by atoms with van der Waals surface area (Å²) in [5.74, 6) is -1.04. The molecular weight excluding hydrogens is 262 g/mol. The summed E-state index contributed by atoms with van der Waals surface area (Å²) in [6.45, 7) is 7.52. The zero-order valence-corrected chi connectivity index (χ0v) is 12.4. The molecule has 2 atom stereocenters. The summed E-state index contributed by atoms with van der Waals surface area (Å²) in [5.41, 5.74) is -1.82. The molecule has 0 spiro atoms. The Hall–Kier alpha value is -1.40. The third kappa shape index (κ3) is 4.61. The highest BCUT2D eigenvalue weighted by molar-refractivity contribution is 5.88. The fourth-order valence-corrected chi connectivity index (χ4v) is 1.94. The van der Waals surface area contributed by atoms with Gasteiger partial charge in [0.15, 0.2) is 0 Å². The molecule has 1 fully saturated rings. The van der Waals surface area contributed by atoms with Crippen LogP contribution in [0.4, 0.5) is 0 Å². The number of hydrogen-bond acceptors (Lipinski definition) is 6. The summed E-state index contributed by atoms with van der Waals surface area (Å²) in [7, 11) is 0. The van der Waals surface area contributed by atoms with Gasteiger partial charge in [0.1, 0.15) is 11.1 Å². The standard InChI is InChI=1S/C14H23NO5/c1-5-19-11(17)6-7-14(8-10(16)9-15-14)12(18)20-13(2,3)4/h6-7,10,15-16H,5,8-9H2,1-4H3/t10-,14-/m1/s1. The van der Waals surface area contributed by atoms with Crippen molar-refractivity contribution in [3.8, 4) is 0 Å². The van der Waals surface area contributed by atoms with E-state index in [1.807, 2.05) is 0 Å². The van der Waals surface area contributed by atoms with E-state index in [2.05, 4.69) is 5.32 Å². The van der Waals surface area contributed by atoms with Gasteiger partial charge in [-0.3, -0.25) is 5.32 Å². The summed E-state index contributed by atoms with van der Waals surface area (Å²) in [6, 6.07) is 0. The highest BCUT2D eigenvalue weighted by Crippen LogP contribution is 2.25. The Morgan fingerprint density at radius 2 is 2.10 bits per heavy atom. The van der Waals surface area contributed by atoms with Crippen molar-refractivity contribution in [2.24, 2.45) is 0 Å². The quantitative estimate of drug-likeness (QED) is 0.579. The molecule has 6 nitrogen and oxygen atoms in total. The van der Waals surface area contributed by atoms with Crippen LogP contribution in [-0.4, -0.2) is 47.4 Å². The Morgan fingerprint density at radius 1 is 1.45 bits per heavy atom. The van der Waals surface area contributed by atoms with Crippen LogP contribution < -0.4 is 5.32 Å². The van der Waals surface area contributed by atoms with E-state index in [0.29, 0.717) is 0 Å². The zero-order valence-electron chi connectivity index (χ0n) is 12.4. The Bertz CT molecular complexity index is 399. The van der Waals surface area contributed by atoms with Crippen LogP contribution in [0.25, 0.3) is 0 Å². The number of esters is 2. The van der Waals surface area contributed by atoms with E-state index in [9.17, 15) is 14.7 Å². The van der Waals surface area contributed by atoms with Crippen molar-refractivity contribution in [1.82, 2.24) is 5.32 Å². The average Bonchev–Trinajstić information content (AvgIpc) is 2.68. The van der Waals surface area contributed by atoms with Crippen LogP contribution in [0.2, 0.25) is 0 Å². The predicted molar refractivity (Wildman–Crippen MR) is 73.0 cm³/mol. The monoisotopic (exact) mass is 285 g/mol. The van der Waals surface area contributed by atoms with Crippen LogP contribution in [0, 0.1) is 0 Å². The summed E-state index contributed by atoms with van der Waals surface area (Å²) in [6.07, 6.45) is 2.11. The lowest BCUT2D eigenvalue weighted by Gasteiger charge is -2.29. The first-order valence-corrected chi connectivity index (χ1v) is 6.71. The number of nitrogens with one attached hydrogen (secondary N) is 1. The van der Waals surface area contributed by atoms with Crippen molar-refractivity contribution >= 4 is 11.9 Å². The van der Waals surface area contributed by atoms with Gasteiger partial charge in [-0.05, 0) is 33.8 Å². The van der Waals surface area contributed by atoms with Gasteiger partial charge in [0, 0.05) is 19.0 Å². The molecule has 1 heterocycles. The van der Waals surface area contributed by atoms with Crippen molar-refractivity contribution in [3.05, 3.63) is 12.2 Å². The lowest BCUT2D eigenvalue weighted by molar-refractivity contribution is -0.160. The maximum atomic E-state index is 12.3. The van der Waals surface area contributed by atoms with Crippen LogP contribution in [0.5, 0.6) is 0 Å². The van der Waals surface area contributed by atoms with Crippen LogP contribution >= 0.6 is 0 Å². The minimum absolute atomic E-state index is 0.165. The molecular formula is C14H23NO5. The largest absolute Gasteiger partial charge is 0.463 e. The molecule has 0 amide bonds. The Kier molecular flexibility index (Phi) is 5.30. The maximum absolute atomic E-state index is 12.3. The smallest absolute Gasteiger partial charge is 0.331 e. The number of β-amino-alcohol motifs (C(OH)–C–C–N with tert-alkyl or cyclic N) is 1. The van der Waals surface area contributed by atoms with E-state index in [-0.39, 0.29) is 19.6 Å². The molecule has 1 saturated heterocycles. The number of rotatable bonds is 4. The summed E-state index contributed by atoms with van der Waals surface area (Å²) in [4.78, 5) is 23.7. The number of ether oxygens (including phenoxy) is 2. The van der Waals surface area contributed by atoms with E-state index < -0.39 is 29.2 Å². The van der Waals surface area contributed by atoms with Crippen LogP contribution in [0.1, 0.15) is 34.1 Å². The number of carbonyl (C=O) groups is 2. The molecule has 1 rings (SSSR count). The van der Waals surface area contributed by atoms with E-state index in [1.54, 1.807) is 27.7 Å². The summed E-state index contributed by atoms with van der Waals surface area (Å²) >= 11 is 0. The molecule has 0 unspecified atom stereocenters. The van der Waals surface area contributed by atoms with Gasteiger partial charge in [-0.15, -0.1) is 0 Å². The van der Waals surface area contributed by atoms with Crippen molar-refractivity contribution in [2.45, 2.75) is 51.4 Å². The van der Waals surface area contributed by atoms with Gasteiger partial charge in [0.2, 0.25) is 0 Å². The van der Waals surface area contributed by atoms with Crippen molar-refractivity contribution in [2.75, 3.05) is 13.2 Å². The maximum Gasteiger partial charge on any atom is 0.331 e. The van der Waals surface area contributed by atoms with Gasteiger partial charge in [-0.2, -0.15) is 0 Å². The number of carbonyl (C=O) groups excluding carboxylic acids is 2. The molecule has 0 aliphatic carbocycles. The lowest BCUT2D eigenvalue weighted by Crippen LogP contribution is -2.49. The lowest BCUT2D eigenvalue weighted by atomic mass is 9.95.